The molecule has 2 bridgehead atoms. The van der Waals surface area contributed by atoms with Crippen molar-refractivity contribution in [2.24, 2.45) is 5.41 Å². The summed E-state index contributed by atoms with van der Waals surface area (Å²) in [5.41, 5.74) is 3.68. The topological polar surface area (TPSA) is 101 Å². The summed E-state index contributed by atoms with van der Waals surface area (Å²) < 4.78 is 1.94. The highest BCUT2D eigenvalue weighted by Crippen LogP contribution is 2.59. The average Bonchev–Trinajstić information content (AvgIpc) is 3.29. The monoisotopic (exact) mass is 520 g/mol. The van der Waals surface area contributed by atoms with Gasteiger partial charge in [-0.05, 0) is 62.1 Å². The number of Topliss-reactive ketones (excluding diaryl/α,β-unsaturated/α-hetero) is 1. The molecule has 0 unspecified atom stereocenters. The van der Waals surface area contributed by atoms with Gasteiger partial charge >= 0.3 is 0 Å². The maximum atomic E-state index is 13.9. The Labute approximate surface area is 224 Å². The number of carbonyl (C=O) groups excluding carboxylic acids is 4. The van der Waals surface area contributed by atoms with E-state index < -0.39 is 6.04 Å². The zero-order valence-corrected chi connectivity index (χ0v) is 23.1. The lowest BCUT2D eigenvalue weighted by molar-refractivity contribution is -0.140. The molecule has 3 atom stereocenters. The number of benzene rings is 1. The number of nitrogens with zero attached hydrogens (tertiary/aromatic N) is 2. The van der Waals surface area contributed by atoms with Gasteiger partial charge in [-0.15, -0.1) is 0 Å². The van der Waals surface area contributed by atoms with Crippen LogP contribution in [0.5, 0.6) is 0 Å². The molecule has 0 radical (unpaired) electrons. The fourth-order valence-electron chi connectivity index (χ4n) is 6.66. The van der Waals surface area contributed by atoms with Gasteiger partial charge < -0.3 is 20.1 Å². The Bertz CT molecular complexity index is 1290. The van der Waals surface area contributed by atoms with Crippen LogP contribution in [0.2, 0.25) is 0 Å². The van der Waals surface area contributed by atoms with E-state index in [0.717, 1.165) is 55.0 Å². The molecule has 2 aromatic rings. The van der Waals surface area contributed by atoms with Gasteiger partial charge in [0, 0.05) is 48.6 Å². The van der Waals surface area contributed by atoms with Gasteiger partial charge in [-0.2, -0.15) is 0 Å². The van der Waals surface area contributed by atoms with E-state index >= 15 is 0 Å². The summed E-state index contributed by atoms with van der Waals surface area (Å²) in [7, 11) is 1.60. The van der Waals surface area contributed by atoms with E-state index in [4.69, 9.17) is 0 Å². The Hall–Kier alpha value is -3.16. The van der Waals surface area contributed by atoms with Crippen LogP contribution in [0.3, 0.4) is 0 Å². The van der Waals surface area contributed by atoms with Crippen LogP contribution in [-0.4, -0.2) is 58.6 Å². The highest BCUT2D eigenvalue weighted by molar-refractivity contribution is 6.08. The van der Waals surface area contributed by atoms with Gasteiger partial charge in [-0.1, -0.05) is 32.8 Å². The molecule has 3 amide bonds. The van der Waals surface area contributed by atoms with Crippen LogP contribution >= 0.6 is 0 Å². The van der Waals surface area contributed by atoms with E-state index in [-0.39, 0.29) is 41.5 Å². The SMILES string of the molecule is CNC(=O)[C@@H]1C[C@]23CNC(=O)CCCCCCc4cc(C(C)C)cc5c(C(C)=O)cn(c45)CC(=O)N1[C@@H]2C3. The van der Waals surface area contributed by atoms with Crippen LogP contribution in [0.1, 0.15) is 93.1 Å². The third kappa shape index (κ3) is 4.74. The zero-order chi connectivity index (χ0) is 27.2. The second-order valence-corrected chi connectivity index (χ2v) is 11.9. The quantitative estimate of drug-likeness (QED) is 0.603. The molecule has 2 fully saturated rings. The number of carbonyl (C=O) groups is 4. The number of nitrogens with one attached hydrogen (secondary N) is 2. The highest BCUT2D eigenvalue weighted by Gasteiger charge is 2.66. The molecule has 3 heterocycles. The normalized spacial score (nSPS) is 26.2. The predicted octanol–water partition coefficient (Wildman–Crippen LogP) is 3.70. The van der Waals surface area contributed by atoms with Crippen molar-refractivity contribution >= 4 is 34.4 Å². The van der Waals surface area contributed by atoms with E-state index in [9.17, 15) is 19.2 Å². The summed E-state index contributed by atoms with van der Waals surface area (Å²) in [5.74, 6) is 0.0504. The highest BCUT2D eigenvalue weighted by atomic mass is 16.2. The first kappa shape index (κ1) is 26.4. The average molecular weight is 521 g/mol. The minimum Gasteiger partial charge on any atom is -0.357 e. The van der Waals surface area contributed by atoms with Crippen LogP contribution < -0.4 is 10.6 Å². The standard InChI is InChI=1S/C30H40N4O4/c1-18(2)21-11-20-9-7-5-6-8-10-26(36)32-17-30-13-24(29(38)31-4)34(25(30)14-30)27(37)16-33-15-23(19(3)35)22(12-21)28(20)33/h11-12,15,18,24-25H,5-10,13-14,16-17H2,1-4H3,(H,31,38)(H,32,36)/t24-,25+,30-/m0/s1. The van der Waals surface area contributed by atoms with E-state index in [1.165, 1.54) is 5.56 Å². The van der Waals surface area contributed by atoms with Gasteiger partial charge in [0.25, 0.3) is 0 Å². The zero-order valence-electron chi connectivity index (χ0n) is 23.1. The van der Waals surface area contributed by atoms with E-state index in [1.54, 1.807) is 18.9 Å². The molecule has 3 aliphatic rings. The van der Waals surface area contributed by atoms with Crippen LogP contribution in [-0.2, 0) is 27.3 Å². The van der Waals surface area contributed by atoms with Crippen molar-refractivity contribution in [3.05, 3.63) is 35.0 Å². The fraction of sp³-hybridized carbons (Fsp3) is 0.600. The fourth-order valence-corrected chi connectivity index (χ4v) is 6.66. The van der Waals surface area contributed by atoms with Gasteiger partial charge in [0.2, 0.25) is 17.7 Å². The van der Waals surface area contributed by atoms with Crippen molar-refractivity contribution in [1.82, 2.24) is 20.1 Å². The first-order chi connectivity index (χ1) is 18.1. The van der Waals surface area contributed by atoms with Crippen LogP contribution in [0.25, 0.3) is 10.9 Å². The second-order valence-electron chi connectivity index (χ2n) is 11.9. The summed E-state index contributed by atoms with van der Waals surface area (Å²) >= 11 is 0. The smallest absolute Gasteiger partial charge is 0.243 e. The van der Waals surface area contributed by atoms with Crippen LogP contribution in [0.15, 0.2) is 18.3 Å². The lowest BCUT2D eigenvalue weighted by atomic mass is 9.94. The maximum Gasteiger partial charge on any atom is 0.243 e. The van der Waals surface area contributed by atoms with Crippen molar-refractivity contribution in [3.63, 3.8) is 0 Å². The van der Waals surface area contributed by atoms with E-state index in [2.05, 4.69) is 36.6 Å². The summed E-state index contributed by atoms with van der Waals surface area (Å²) in [6, 6.07) is 3.72. The van der Waals surface area contributed by atoms with Gasteiger partial charge in [0.05, 0.1) is 5.52 Å². The molecule has 8 heteroatoms. The number of rotatable bonds is 3. The molecule has 5 rings (SSSR count). The van der Waals surface area contributed by atoms with Crippen molar-refractivity contribution < 1.29 is 19.2 Å². The number of amides is 3. The number of piperidine rings is 1. The van der Waals surface area contributed by atoms with Crippen molar-refractivity contribution in [1.29, 1.82) is 0 Å². The first-order valence-electron chi connectivity index (χ1n) is 14.1. The van der Waals surface area contributed by atoms with Crippen molar-refractivity contribution in [3.8, 4) is 0 Å². The third-order valence-electron chi connectivity index (χ3n) is 8.92. The Morgan fingerprint density at radius 3 is 2.50 bits per heavy atom. The lowest BCUT2D eigenvalue weighted by Crippen LogP contribution is -2.48. The minimum atomic E-state index is -0.553. The molecule has 2 N–H and O–H groups in total. The number of hydrogen-bond acceptors (Lipinski definition) is 4. The largest absolute Gasteiger partial charge is 0.357 e. The summed E-state index contributed by atoms with van der Waals surface area (Å²) in [4.78, 5) is 53.7. The van der Waals surface area contributed by atoms with E-state index in [0.29, 0.717) is 30.9 Å². The molecule has 1 aliphatic carbocycles. The number of aryl methyl sites for hydroxylation is 1. The Morgan fingerprint density at radius 2 is 1.82 bits per heavy atom. The van der Waals surface area contributed by atoms with Gasteiger partial charge in [0.15, 0.2) is 5.78 Å². The Balaban J connectivity index is 1.58. The molecule has 1 aromatic carbocycles. The predicted molar refractivity (Wildman–Crippen MR) is 146 cm³/mol. The summed E-state index contributed by atoms with van der Waals surface area (Å²) in [6.45, 7) is 6.45. The Morgan fingerprint density at radius 1 is 1.08 bits per heavy atom. The van der Waals surface area contributed by atoms with Gasteiger partial charge in [-0.25, -0.2) is 0 Å². The second kappa shape index (κ2) is 10.2. The Kier molecular flexibility index (Phi) is 7.09. The third-order valence-corrected chi connectivity index (χ3v) is 8.92. The molecule has 204 valence electrons. The molecule has 0 spiro atoms. The van der Waals surface area contributed by atoms with E-state index in [1.807, 2.05) is 10.8 Å². The summed E-state index contributed by atoms with van der Waals surface area (Å²) in [6.07, 6.45) is 8.35. The van der Waals surface area contributed by atoms with Gasteiger partial charge in [-0.3, -0.25) is 19.2 Å². The minimum absolute atomic E-state index is 0.0171. The molecule has 8 nitrogen and oxygen atoms in total. The number of likely N-dealkylation sites (N-methyl/N-ethyl adjacent to an activating group) is 1. The molecule has 1 saturated heterocycles. The molecule has 1 aromatic heterocycles. The van der Waals surface area contributed by atoms with Crippen LogP contribution in [0, 0.1) is 5.41 Å². The van der Waals surface area contributed by atoms with Crippen LogP contribution in [0.4, 0.5) is 0 Å². The number of hydrogen-bond donors (Lipinski definition) is 2. The first-order valence-corrected chi connectivity index (χ1v) is 14.1. The maximum absolute atomic E-state index is 13.9. The molecular formula is C30H40N4O4. The molecule has 1 saturated carbocycles. The van der Waals surface area contributed by atoms with Crippen molar-refractivity contribution in [2.45, 2.75) is 96.7 Å². The lowest BCUT2D eigenvalue weighted by Gasteiger charge is -2.27. The number of ketones is 1. The molecule has 38 heavy (non-hydrogen) atoms. The number of aromatic nitrogens is 1. The van der Waals surface area contributed by atoms with Crippen molar-refractivity contribution in [2.75, 3.05) is 13.6 Å². The summed E-state index contributed by atoms with van der Waals surface area (Å²) in [5, 5.41) is 6.72. The molecular weight excluding hydrogens is 480 g/mol. The van der Waals surface area contributed by atoms with Gasteiger partial charge in [0.1, 0.15) is 12.6 Å². The molecule has 2 aliphatic heterocycles.